The van der Waals surface area contributed by atoms with E-state index < -0.39 is 47.9 Å². The Kier molecular flexibility index (Phi) is 7.46. The van der Waals surface area contributed by atoms with Gasteiger partial charge in [-0.05, 0) is 61.2 Å². The molecule has 0 spiro atoms. The fourth-order valence-corrected chi connectivity index (χ4v) is 6.87. The molecule has 1 saturated heterocycles. The zero-order valence-electron chi connectivity index (χ0n) is 23.0. The summed E-state index contributed by atoms with van der Waals surface area (Å²) < 4.78 is 43.1. The van der Waals surface area contributed by atoms with E-state index in [1.807, 2.05) is 0 Å². The molecule has 2 aromatic carbocycles. The van der Waals surface area contributed by atoms with E-state index in [-0.39, 0.29) is 24.8 Å². The first-order valence-corrected chi connectivity index (χ1v) is 14.9. The molecule has 2 aliphatic carbocycles. The minimum atomic E-state index is -3.04. The lowest BCUT2D eigenvalue weighted by molar-refractivity contribution is -0.134. The Morgan fingerprint density at radius 1 is 1.07 bits per heavy atom. The van der Waals surface area contributed by atoms with Crippen LogP contribution in [0.5, 0.6) is 0 Å². The number of nitrogens with zero attached hydrogens (tertiary/aromatic N) is 3. The van der Waals surface area contributed by atoms with Crippen molar-refractivity contribution >= 4 is 29.1 Å². The summed E-state index contributed by atoms with van der Waals surface area (Å²) in [5.41, 5.74) is 1.19. The van der Waals surface area contributed by atoms with E-state index in [2.05, 4.69) is 16.7 Å². The standard InChI is InChI=1S/C31H28F3N5O3S/c32-21-7-5-19(6-8-21)28-37-25(22-9-10-31(33,34)15-23(22)27(41)38-30(17-35)11-12-30)26(43-28)18-1-3-20(4-2-18)29(42)39-14-13-36-24(40)16-39/h1-8,22-23H,9-16H2,(H,36,40)(H,38,41)/t22-,23-/m1/s1. The zero-order chi connectivity index (χ0) is 30.4. The summed E-state index contributed by atoms with van der Waals surface area (Å²) in [4.78, 5) is 45.2. The maximum atomic E-state index is 14.7. The largest absolute Gasteiger partial charge is 0.353 e. The molecule has 2 atom stereocenters. The van der Waals surface area contributed by atoms with Crippen LogP contribution in [0.4, 0.5) is 13.2 Å². The number of carbonyl (C=O) groups is 3. The molecule has 222 valence electrons. The van der Waals surface area contributed by atoms with Gasteiger partial charge in [-0.15, -0.1) is 11.3 Å². The lowest BCUT2D eigenvalue weighted by Gasteiger charge is -2.35. The smallest absolute Gasteiger partial charge is 0.254 e. The molecule has 2 N–H and O–H groups in total. The van der Waals surface area contributed by atoms with Gasteiger partial charge in [0.15, 0.2) is 0 Å². The Labute approximate surface area is 249 Å². The highest BCUT2D eigenvalue weighted by Gasteiger charge is 2.51. The van der Waals surface area contributed by atoms with Crippen molar-refractivity contribution in [1.82, 2.24) is 20.5 Å². The fourth-order valence-electron chi connectivity index (χ4n) is 5.72. The second-order valence-electron chi connectivity index (χ2n) is 11.4. The Morgan fingerprint density at radius 3 is 2.42 bits per heavy atom. The maximum absolute atomic E-state index is 14.7. The lowest BCUT2D eigenvalue weighted by Crippen LogP contribution is -2.49. The summed E-state index contributed by atoms with van der Waals surface area (Å²) in [5, 5.41) is 15.4. The van der Waals surface area contributed by atoms with Crippen LogP contribution < -0.4 is 10.6 Å². The molecule has 43 heavy (non-hydrogen) atoms. The first-order chi connectivity index (χ1) is 20.6. The molecular weight excluding hydrogens is 579 g/mol. The highest BCUT2D eigenvalue weighted by Crippen LogP contribution is 2.50. The van der Waals surface area contributed by atoms with Crippen molar-refractivity contribution in [3.8, 4) is 27.1 Å². The van der Waals surface area contributed by atoms with Crippen molar-refractivity contribution in [2.75, 3.05) is 19.6 Å². The predicted octanol–water partition coefficient (Wildman–Crippen LogP) is 4.88. The van der Waals surface area contributed by atoms with Gasteiger partial charge >= 0.3 is 0 Å². The van der Waals surface area contributed by atoms with E-state index in [0.29, 0.717) is 58.2 Å². The molecule has 0 unspecified atom stereocenters. The fraction of sp³-hybridized carbons (Fsp3) is 0.387. The monoisotopic (exact) mass is 607 g/mol. The molecular formula is C31H28F3N5O3S. The molecule has 6 rings (SSSR count). The Hall–Kier alpha value is -4.24. The van der Waals surface area contributed by atoms with Crippen LogP contribution in [0.1, 0.15) is 54.1 Å². The van der Waals surface area contributed by atoms with Crippen LogP contribution in [-0.2, 0) is 9.59 Å². The van der Waals surface area contributed by atoms with Crippen molar-refractivity contribution in [3.05, 3.63) is 65.6 Å². The lowest BCUT2D eigenvalue weighted by atomic mass is 9.74. The van der Waals surface area contributed by atoms with Gasteiger partial charge in [0.1, 0.15) is 16.4 Å². The molecule has 0 bridgehead atoms. The van der Waals surface area contributed by atoms with Gasteiger partial charge in [-0.3, -0.25) is 14.4 Å². The molecule has 1 aliphatic heterocycles. The van der Waals surface area contributed by atoms with Crippen molar-refractivity contribution in [3.63, 3.8) is 0 Å². The average molecular weight is 608 g/mol. The molecule has 12 heteroatoms. The maximum Gasteiger partial charge on any atom is 0.254 e. The summed E-state index contributed by atoms with van der Waals surface area (Å²) in [6, 6.07) is 14.7. The van der Waals surface area contributed by atoms with Gasteiger partial charge in [-0.2, -0.15) is 5.26 Å². The number of amides is 3. The summed E-state index contributed by atoms with van der Waals surface area (Å²) in [6.07, 6.45) is -0.104. The average Bonchev–Trinajstić information content (AvgIpc) is 3.64. The SMILES string of the molecule is N#CC1(NC(=O)[C@@H]2CC(F)(F)CC[C@H]2c2nc(-c3ccc(F)cc3)sc2-c2ccc(C(=O)N3CCNC(=O)C3)cc2)CC1. The molecule has 3 fully saturated rings. The van der Waals surface area contributed by atoms with Crippen molar-refractivity contribution < 1.29 is 27.6 Å². The van der Waals surface area contributed by atoms with Gasteiger partial charge in [-0.25, -0.2) is 18.2 Å². The summed E-state index contributed by atoms with van der Waals surface area (Å²) in [5.74, 6) is -6.30. The molecule has 1 aromatic heterocycles. The van der Waals surface area contributed by atoms with Gasteiger partial charge in [0.25, 0.3) is 5.91 Å². The van der Waals surface area contributed by atoms with E-state index in [0.717, 1.165) is 0 Å². The minimum absolute atomic E-state index is 0.0117. The number of benzene rings is 2. The third-order valence-electron chi connectivity index (χ3n) is 8.30. The second kappa shape index (κ2) is 11.1. The first kappa shape index (κ1) is 28.9. The topological polar surface area (TPSA) is 115 Å². The van der Waals surface area contributed by atoms with Crippen molar-refractivity contribution in [2.24, 2.45) is 5.92 Å². The van der Waals surface area contributed by atoms with Gasteiger partial charge < -0.3 is 15.5 Å². The third kappa shape index (κ3) is 5.99. The first-order valence-electron chi connectivity index (χ1n) is 14.1. The Morgan fingerprint density at radius 2 is 1.77 bits per heavy atom. The van der Waals surface area contributed by atoms with Crippen LogP contribution in [0.3, 0.4) is 0 Å². The van der Waals surface area contributed by atoms with Gasteiger partial charge in [-0.1, -0.05) is 12.1 Å². The zero-order valence-corrected chi connectivity index (χ0v) is 23.9. The number of nitriles is 1. The number of aromatic nitrogens is 1. The molecule has 3 amide bonds. The van der Waals surface area contributed by atoms with Crippen LogP contribution in [0.15, 0.2) is 48.5 Å². The molecule has 2 heterocycles. The minimum Gasteiger partial charge on any atom is -0.353 e. The highest BCUT2D eigenvalue weighted by atomic mass is 32.1. The van der Waals surface area contributed by atoms with Crippen molar-refractivity contribution in [2.45, 2.75) is 49.5 Å². The van der Waals surface area contributed by atoms with Gasteiger partial charge in [0, 0.05) is 43.0 Å². The molecule has 3 aliphatic rings. The number of thiazole rings is 1. The van der Waals surface area contributed by atoms with Crippen LogP contribution in [0.2, 0.25) is 0 Å². The molecule has 8 nitrogen and oxygen atoms in total. The van der Waals surface area contributed by atoms with Gasteiger partial charge in [0.2, 0.25) is 17.7 Å². The van der Waals surface area contributed by atoms with Crippen LogP contribution in [0, 0.1) is 23.1 Å². The van der Waals surface area contributed by atoms with Gasteiger partial charge in [0.05, 0.1) is 29.1 Å². The molecule has 3 aromatic rings. The summed E-state index contributed by atoms with van der Waals surface area (Å²) in [6.45, 7) is 0.752. The van der Waals surface area contributed by atoms with E-state index in [9.17, 15) is 32.8 Å². The Balaban J connectivity index is 1.37. The number of rotatable bonds is 6. The highest BCUT2D eigenvalue weighted by molar-refractivity contribution is 7.18. The second-order valence-corrected chi connectivity index (χ2v) is 12.4. The van der Waals surface area contributed by atoms with E-state index in [1.165, 1.54) is 28.4 Å². The Bertz CT molecular complexity index is 1610. The summed E-state index contributed by atoms with van der Waals surface area (Å²) >= 11 is 1.30. The predicted molar refractivity (Wildman–Crippen MR) is 153 cm³/mol. The quantitative estimate of drug-likeness (QED) is 0.415. The number of nitrogens with one attached hydrogen (secondary N) is 2. The van der Waals surface area contributed by atoms with Crippen LogP contribution in [0.25, 0.3) is 21.0 Å². The number of carbonyl (C=O) groups excluding carboxylic acids is 3. The van der Waals surface area contributed by atoms with Crippen LogP contribution >= 0.6 is 11.3 Å². The van der Waals surface area contributed by atoms with E-state index in [1.54, 1.807) is 36.4 Å². The third-order valence-corrected chi connectivity index (χ3v) is 9.47. The number of piperazine rings is 1. The number of hydrogen-bond acceptors (Lipinski definition) is 6. The number of alkyl halides is 2. The molecule has 0 radical (unpaired) electrons. The van der Waals surface area contributed by atoms with E-state index >= 15 is 0 Å². The number of halogens is 3. The van der Waals surface area contributed by atoms with Crippen LogP contribution in [-0.4, -0.2) is 58.7 Å². The number of hydrogen-bond donors (Lipinski definition) is 2. The summed E-state index contributed by atoms with van der Waals surface area (Å²) in [7, 11) is 0. The van der Waals surface area contributed by atoms with E-state index in [4.69, 9.17) is 4.98 Å². The normalized spacial score (nSPS) is 22.3. The molecule has 2 saturated carbocycles. The van der Waals surface area contributed by atoms with Crippen molar-refractivity contribution in [1.29, 1.82) is 5.26 Å².